The van der Waals surface area contributed by atoms with Crippen LogP contribution >= 0.6 is 15.9 Å². The van der Waals surface area contributed by atoms with Gasteiger partial charge in [-0.2, -0.15) is 0 Å². The van der Waals surface area contributed by atoms with Crippen molar-refractivity contribution in [3.8, 4) is 0 Å². The van der Waals surface area contributed by atoms with E-state index in [1.165, 1.54) is 18.2 Å². The molecule has 0 saturated carbocycles. The largest absolute Gasteiger partial charge is 0.243 e. The Morgan fingerprint density at radius 1 is 1.33 bits per heavy atom. The van der Waals surface area contributed by atoms with Crippen molar-refractivity contribution in [1.29, 1.82) is 0 Å². The summed E-state index contributed by atoms with van der Waals surface area (Å²) in [7, 11) is -3.80. The topological polar surface area (TPSA) is 46.2 Å². The van der Waals surface area contributed by atoms with E-state index in [0.717, 1.165) is 6.07 Å². The van der Waals surface area contributed by atoms with E-state index in [4.69, 9.17) is 0 Å². The third-order valence-corrected chi connectivity index (χ3v) is 4.64. The second kappa shape index (κ2) is 6.63. The molecule has 6 heteroatoms. The molecule has 1 atom stereocenters. The zero-order valence-electron chi connectivity index (χ0n) is 10.4. The molecular weight excluding hydrogens is 321 g/mol. The Balaban J connectivity index is 2.97. The summed E-state index contributed by atoms with van der Waals surface area (Å²) in [4.78, 5) is -0.301. The van der Waals surface area contributed by atoms with Crippen LogP contribution in [0.4, 0.5) is 4.39 Å². The van der Waals surface area contributed by atoms with Crippen molar-refractivity contribution < 1.29 is 12.8 Å². The second-order valence-corrected chi connectivity index (χ2v) is 6.86. The molecule has 0 aliphatic carbocycles. The molecule has 18 heavy (non-hydrogen) atoms. The lowest BCUT2D eigenvalue weighted by molar-refractivity contribution is 0.438. The zero-order valence-corrected chi connectivity index (χ0v) is 12.8. The van der Waals surface area contributed by atoms with Gasteiger partial charge >= 0.3 is 0 Å². The predicted molar refractivity (Wildman–Crippen MR) is 73.8 cm³/mol. The van der Waals surface area contributed by atoms with Crippen LogP contribution in [0.2, 0.25) is 0 Å². The molecule has 0 aliphatic heterocycles. The van der Waals surface area contributed by atoms with Crippen molar-refractivity contribution in [3.05, 3.63) is 30.1 Å². The molecule has 0 aliphatic rings. The number of hydrogen-bond acceptors (Lipinski definition) is 2. The number of nitrogens with one attached hydrogen (secondary N) is 1. The minimum atomic E-state index is -3.80. The molecule has 0 spiro atoms. The standard InChI is InChI=1S/C12H17BrFNO2S/c1-9(2)11(7-8-13)15-18(16,17)12-6-4-3-5-10(12)14/h3-6,9,11,15H,7-8H2,1-2H3. The molecule has 1 aromatic rings. The lowest BCUT2D eigenvalue weighted by Crippen LogP contribution is -2.39. The van der Waals surface area contributed by atoms with Gasteiger partial charge in [0.1, 0.15) is 10.7 Å². The van der Waals surface area contributed by atoms with E-state index in [2.05, 4.69) is 20.7 Å². The monoisotopic (exact) mass is 337 g/mol. The summed E-state index contributed by atoms with van der Waals surface area (Å²) < 4.78 is 40.2. The molecule has 102 valence electrons. The van der Waals surface area contributed by atoms with E-state index in [1.807, 2.05) is 13.8 Å². The molecule has 1 N–H and O–H groups in total. The van der Waals surface area contributed by atoms with Crippen LogP contribution < -0.4 is 4.72 Å². The van der Waals surface area contributed by atoms with Crippen molar-refractivity contribution in [1.82, 2.24) is 4.72 Å². The highest BCUT2D eigenvalue weighted by molar-refractivity contribution is 9.09. The van der Waals surface area contributed by atoms with Gasteiger partial charge in [-0.05, 0) is 24.5 Å². The quantitative estimate of drug-likeness (QED) is 0.811. The fourth-order valence-electron chi connectivity index (χ4n) is 1.57. The summed E-state index contributed by atoms with van der Waals surface area (Å²) in [5.41, 5.74) is 0. The smallest absolute Gasteiger partial charge is 0.208 e. The Hall–Kier alpha value is -0.460. The van der Waals surface area contributed by atoms with Crippen LogP contribution in [0.3, 0.4) is 0 Å². The van der Waals surface area contributed by atoms with Crippen molar-refractivity contribution in [2.24, 2.45) is 5.92 Å². The van der Waals surface area contributed by atoms with Crippen LogP contribution in [0, 0.1) is 11.7 Å². The second-order valence-electron chi connectivity index (χ2n) is 4.38. The summed E-state index contributed by atoms with van der Waals surface area (Å²) in [6, 6.07) is 5.17. The number of hydrogen-bond donors (Lipinski definition) is 1. The Bertz CT molecular complexity index is 491. The maximum Gasteiger partial charge on any atom is 0.243 e. The Morgan fingerprint density at radius 3 is 2.44 bits per heavy atom. The first-order chi connectivity index (χ1) is 8.38. The predicted octanol–water partition coefficient (Wildman–Crippen LogP) is 2.91. The first-order valence-electron chi connectivity index (χ1n) is 5.71. The number of alkyl halides is 1. The summed E-state index contributed by atoms with van der Waals surface area (Å²) in [6.45, 7) is 3.86. The van der Waals surface area contributed by atoms with E-state index in [9.17, 15) is 12.8 Å². The Kier molecular flexibility index (Phi) is 5.75. The fraction of sp³-hybridized carbons (Fsp3) is 0.500. The molecule has 0 bridgehead atoms. The Morgan fingerprint density at radius 2 is 1.94 bits per heavy atom. The molecule has 1 aromatic carbocycles. The molecule has 0 heterocycles. The Labute approximate surface area is 116 Å². The maximum absolute atomic E-state index is 13.5. The minimum absolute atomic E-state index is 0.143. The summed E-state index contributed by atoms with van der Waals surface area (Å²) in [5.74, 6) is -0.588. The van der Waals surface area contributed by atoms with Crippen LogP contribution in [-0.2, 0) is 10.0 Å². The summed E-state index contributed by atoms with van der Waals surface area (Å²) in [6.07, 6.45) is 0.658. The number of halogens is 2. The van der Waals surface area contributed by atoms with Crippen molar-refractivity contribution in [2.75, 3.05) is 5.33 Å². The van der Waals surface area contributed by atoms with Gasteiger partial charge in [0.15, 0.2) is 0 Å². The zero-order chi connectivity index (χ0) is 13.8. The van der Waals surface area contributed by atoms with Gasteiger partial charge in [-0.15, -0.1) is 0 Å². The van der Waals surface area contributed by atoms with Crippen LogP contribution in [0.1, 0.15) is 20.3 Å². The normalized spacial score (nSPS) is 13.8. The number of rotatable bonds is 6. The van der Waals surface area contributed by atoms with Gasteiger partial charge in [-0.3, -0.25) is 0 Å². The molecule has 0 radical (unpaired) electrons. The molecule has 1 unspecified atom stereocenters. The van der Waals surface area contributed by atoms with Crippen LogP contribution in [0.15, 0.2) is 29.2 Å². The average molecular weight is 338 g/mol. The van der Waals surface area contributed by atoms with Gasteiger partial charge in [0.05, 0.1) is 0 Å². The van der Waals surface area contributed by atoms with E-state index in [0.29, 0.717) is 11.8 Å². The van der Waals surface area contributed by atoms with Gasteiger partial charge < -0.3 is 0 Å². The van der Waals surface area contributed by atoms with Gasteiger partial charge in [-0.1, -0.05) is 41.9 Å². The van der Waals surface area contributed by atoms with Crippen molar-refractivity contribution in [3.63, 3.8) is 0 Å². The van der Waals surface area contributed by atoms with Gasteiger partial charge in [0, 0.05) is 11.4 Å². The third-order valence-electron chi connectivity index (χ3n) is 2.66. The van der Waals surface area contributed by atoms with E-state index in [-0.39, 0.29) is 16.9 Å². The highest BCUT2D eigenvalue weighted by Gasteiger charge is 2.24. The fourth-order valence-corrected chi connectivity index (χ4v) is 3.56. The molecular formula is C12H17BrFNO2S. The number of sulfonamides is 1. The number of benzene rings is 1. The highest BCUT2D eigenvalue weighted by Crippen LogP contribution is 2.16. The van der Waals surface area contributed by atoms with Crippen LogP contribution in [0.25, 0.3) is 0 Å². The molecule has 0 amide bonds. The van der Waals surface area contributed by atoms with Gasteiger partial charge in [0.25, 0.3) is 0 Å². The van der Waals surface area contributed by atoms with Crippen LogP contribution in [0.5, 0.6) is 0 Å². The average Bonchev–Trinajstić information content (AvgIpc) is 2.28. The molecule has 3 nitrogen and oxygen atoms in total. The highest BCUT2D eigenvalue weighted by atomic mass is 79.9. The van der Waals surface area contributed by atoms with Crippen molar-refractivity contribution in [2.45, 2.75) is 31.2 Å². The summed E-state index contributed by atoms with van der Waals surface area (Å²) in [5, 5.41) is 0.690. The lowest BCUT2D eigenvalue weighted by Gasteiger charge is -2.21. The molecule has 0 fully saturated rings. The molecule has 0 saturated heterocycles. The van der Waals surface area contributed by atoms with Crippen LogP contribution in [-0.4, -0.2) is 19.8 Å². The van der Waals surface area contributed by atoms with E-state index >= 15 is 0 Å². The third kappa shape index (κ3) is 4.03. The van der Waals surface area contributed by atoms with Gasteiger partial charge in [-0.25, -0.2) is 17.5 Å². The lowest BCUT2D eigenvalue weighted by atomic mass is 10.0. The van der Waals surface area contributed by atoms with E-state index < -0.39 is 15.8 Å². The first-order valence-corrected chi connectivity index (χ1v) is 8.31. The maximum atomic E-state index is 13.5. The van der Waals surface area contributed by atoms with Gasteiger partial charge in [0.2, 0.25) is 10.0 Å². The summed E-state index contributed by atoms with van der Waals surface area (Å²) >= 11 is 3.29. The van der Waals surface area contributed by atoms with E-state index in [1.54, 1.807) is 0 Å². The SMILES string of the molecule is CC(C)C(CCBr)NS(=O)(=O)c1ccccc1F. The molecule has 1 rings (SSSR count). The first kappa shape index (κ1) is 15.6. The van der Waals surface area contributed by atoms with Crippen molar-refractivity contribution >= 4 is 26.0 Å². The minimum Gasteiger partial charge on any atom is -0.208 e. The molecule has 0 aromatic heterocycles.